The van der Waals surface area contributed by atoms with E-state index >= 15 is 0 Å². The van der Waals surface area contributed by atoms with E-state index in [2.05, 4.69) is 4.98 Å². The van der Waals surface area contributed by atoms with Gasteiger partial charge in [0.25, 0.3) is 0 Å². The van der Waals surface area contributed by atoms with Crippen LogP contribution in [0.5, 0.6) is 11.6 Å². The minimum atomic E-state index is 0.423. The van der Waals surface area contributed by atoms with E-state index in [0.29, 0.717) is 19.0 Å². The summed E-state index contributed by atoms with van der Waals surface area (Å²) in [6.07, 6.45) is 1.67. The zero-order chi connectivity index (χ0) is 9.68. The van der Waals surface area contributed by atoms with Crippen molar-refractivity contribution in [2.75, 3.05) is 13.7 Å². The first kappa shape index (κ1) is 9.80. The van der Waals surface area contributed by atoms with Crippen molar-refractivity contribution in [1.82, 2.24) is 4.98 Å². The fraction of sp³-hybridized carbons (Fsp3) is 0.444. The Morgan fingerprint density at radius 3 is 2.85 bits per heavy atom. The normalized spacial score (nSPS) is 9.77. The van der Waals surface area contributed by atoms with Crippen molar-refractivity contribution in [1.29, 1.82) is 0 Å². The lowest BCUT2D eigenvalue weighted by Gasteiger charge is -2.09. The Balaban J connectivity index is 2.95. The molecule has 0 amide bonds. The molecule has 1 heterocycles. The summed E-state index contributed by atoms with van der Waals surface area (Å²) in [4.78, 5) is 4.03. The van der Waals surface area contributed by atoms with E-state index < -0.39 is 0 Å². The largest absolute Gasteiger partial charge is 0.493 e. The summed E-state index contributed by atoms with van der Waals surface area (Å²) in [5.41, 5.74) is 6.40. The van der Waals surface area contributed by atoms with Crippen LogP contribution in [-0.4, -0.2) is 18.7 Å². The van der Waals surface area contributed by atoms with E-state index in [9.17, 15) is 0 Å². The van der Waals surface area contributed by atoms with E-state index in [1.54, 1.807) is 19.4 Å². The highest BCUT2D eigenvalue weighted by atomic mass is 16.5. The van der Waals surface area contributed by atoms with Crippen molar-refractivity contribution < 1.29 is 9.47 Å². The van der Waals surface area contributed by atoms with Gasteiger partial charge in [-0.15, -0.1) is 0 Å². The third kappa shape index (κ3) is 2.32. The number of ether oxygens (including phenoxy) is 2. The number of pyridine rings is 1. The average Bonchev–Trinajstić information content (AvgIpc) is 2.18. The van der Waals surface area contributed by atoms with Gasteiger partial charge in [-0.2, -0.15) is 0 Å². The van der Waals surface area contributed by atoms with E-state index in [4.69, 9.17) is 15.2 Å². The SMILES string of the molecule is CCOc1cc(OC)ncc1CN. The van der Waals surface area contributed by atoms with Gasteiger partial charge in [0, 0.05) is 24.4 Å². The molecule has 4 nitrogen and oxygen atoms in total. The molecule has 1 aromatic rings. The van der Waals surface area contributed by atoms with E-state index in [1.165, 1.54) is 0 Å². The number of rotatable bonds is 4. The van der Waals surface area contributed by atoms with Crippen molar-refractivity contribution in [3.8, 4) is 11.6 Å². The second-order valence-electron chi connectivity index (χ2n) is 2.47. The van der Waals surface area contributed by atoms with Crippen LogP contribution in [0.1, 0.15) is 12.5 Å². The molecule has 0 saturated heterocycles. The topological polar surface area (TPSA) is 57.4 Å². The summed E-state index contributed by atoms with van der Waals surface area (Å²) >= 11 is 0. The lowest BCUT2D eigenvalue weighted by Crippen LogP contribution is -2.03. The molecule has 0 aliphatic heterocycles. The molecule has 0 aliphatic carbocycles. The molecule has 0 aliphatic rings. The van der Waals surface area contributed by atoms with Gasteiger partial charge in [0.1, 0.15) is 5.75 Å². The fourth-order valence-corrected chi connectivity index (χ4v) is 1.00. The van der Waals surface area contributed by atoms with Gasteiger partial charge < -0.3 is 15.2 Å². The highest BCUT2D eigenvalue weighted by Gasteiger charge is 2.04. The summed E-state index contributed by atoms with van der Waals surface area (Å²) in [6, 6.07) is 1.74. The first-order chi connectivity index (χ1) is 6.31. The Morgan fingerprint density at radius 1 is 1.54 bits per heavy atom. The Bertz CT molecular complexity index is 276. The van der Waals surface area contributed by atoms with Crippen molar-refractivity contribution in [3.05, 3.63) is 17.8 Å². The van der Waals surface area contributed by atoms with Crippen molar-refractivity contribution >= 4 is 0 Å². The fourth-order valence-electron chi connectivity index (χ4n) is 1.00. The average molecular weight is 182 g/mol. The maximum atomic E-state index is 5.51. The van der Waals surface area contributed by atoms with Gasteiger partial charge in [0.05, 0.1) is 13.7 Å². The second-order valence-corrected chi connectivity index (χ2v) is 2.47. The molecular weight excluding hydrogens is 168 g/mol. The summed E-state index contributed by atoms with van der Waals surface area (Å²) in [7, 11) is 1.57. The smallest absolute Gasteiger partial charge is 0.216 e. The molecule has 2 N–H and O–H groups in total. The van der Waals surface area contributed by atoms with E-state index in [1.807, 2.05) is 6.92 Å². The number of nitrogens with two attached hydrogens (primary N) is 1. The van der Waals surface area contributed by atoms with Gasteiger partial charge >= 0.3 is 0 Å². The van der Waals surface area contributed by atoms with Crippen LogP contribution in [0.3, 0.4) is 0 Å². The molecule has 1 aromatic heterocycles. The molecule has 0 bridgehead atoms. The second kappa shape index (κ2) is 4.67. The molecule has 0 saturated carbocycles. The van der Waals surface area contributed by atoms with Gasteiger partial charge in [-0.05, 0) is 6.92 Å². The molecule has 0 unspecified atom stereocenters. The molecule has 1 rings (SSSR count). The number of methoxy groups -OCH3 is 1. The minimum absolute atomic E-state index is 0.423. The van der Waals surface area contributed by atoms with Crippen LogP contribution >= 0.6 is 0 Å². The Labute approximate surface area is 77.7 Å². The summed E-state index contributed by atoms with van der Waals surface area (Å²) < 4.78 is 10.3. The van der Waals surface area contributed by atoms with Crippen LogP contribution in [-0.2, 0) is 6.54 Å². The van der Waals surface area contributed by atoms with Crippen molar-refractivity contribution in [2.24, 2.45) is 5.73 Å². The van der Waals surface area contributed by atoms with E-state index in [-0.39, 0.29) is 0 Å². The van der Waals surface area contributed by atoms with Crippen molar-refractivity contribution in [3.63, 3.8) is 0 Å². The maximum Gasteiger partial charge on any atom is 0.216 e. The number of hydrogen-bond donors (Lipinski definition) is 1. The van der Waals surface area contributed by atoms with Gasteiger partial charge in [0.15, 0.2) is 0 Å². The van der Waals surface area contributed by atoms with Crippen LogP contribution in [0.15, 0.2) is 12.3 Å². The predicted octanol–water partition coefficient (Wildman–Crippen LogP) is 0.948. The molecule has 0 radical (unpaired) electrons. The standard InChI is InChI=1S/C9H14N2O2/c1-3-13-8-4-9(12-2)11-6-7(8)5-10/h4,6H,3,5,10H2,1-2H3. The molecule has 13 heavy (non-hydrogen) atoms. The Morgan fingerprint density at radius 2 is 2.31 bits per heavy atom. The molecule has 0 aromatic carbocycles. The third-order valence-corrected chi connectivity index (χ3v) is 1.65. The lowest BCUT2D eigenvalue weighted by molar-refractivity contribution is 0.330. The van der Waals surface area contributed by atoms with Gasteiger partial charge in [-0.3, -0.25) is 0 Å². The first-order valence-corrected chi connectivity index (χ1v) is 4.17. The Hall–Kier alpha value is -1.29. The maximum absolute atomic E-state index is 5.51. The van der Waals surface area contributed by atoms with Crippen molar-refractivity contribution in [2.45, 2.75) is 13.5 Å². The zero-order valence-electron chi connectivity index (χ0n) is 7.91. The Kier molecular flexibility index (Phi) is 3.52. The van der Waals surface area contributed by atoms with Gasteiger partial charge in [0.2, 0.25) is 5.88 Å². The number of hydrogen-bond acceptors (Lipinski definition) is 4. The monoisotopic (exact) mass is 182 g/mol. The van der Waals surface area contributed by atoms with E-state index in [0.717, 1.165) is 11.3 Å². The molecular formula is C9H14N2O2. The molecule has 0 fully saturated rings. The van der Waals surface area contributed by atoms with Gasteiger partial charge in [-0.25, -0.2) is 4.98 Å². The third-order valence-electron chi connectivity index (χ3n) is 1.65. The summed E-state index contributed by atoms with van der Waals surface area (Å²) in [5, 5.41) is 0. The number of aromatic nitrogens is 1. The highest BCUT2D eigenvalue weighted by Crippen LogP contribution is 2.21. The van der Waals surface area contributed by atoms with Gasteiger partial charge in [-0.1, -0.05) is 0 Å². The summed E-state index contributed by atoms with van der Waals surface area (Å²) in [6.45, 7) is 2.96. The number of nitrogens with zero attached hydrogens (tertiary/aromatic N) is 1. The highest BCUT2D eigenvalue weighted by molar-refractivity contribution is 5.35. The van der Waals surface area contributed by atoms with Crippen LogP contribution in [0.2, 0.25) is 0 Å². The minimum Gasteiger partial charge on any atom is -0.493 e. The predicted molar refractivity (Wildman–Crippen MR) is 49.8 cm³/mol. The lowest BCUT2D eigenvalue weighted by atomic mass is 10.2. The molecule has 0 spiro atoms. The van der Waals surface area contributed by atoms with Crippen LogP contribution in [0.25, 0.3) is 0 Å². The first-order valence-electron chi connectivity index (χ1n) is 4.17. The zero-order valence-corrected chi connectivity index (χ0v) is 7.91. The van der Waals surface area contributed by atoms with Crippen LogP contribution < -0.4 is 15.2 Å². The summed E-state index contributed by atoms with van der Waals surface area (Å²) in [5.74, 6) is 1.29. The van der Waals surface area contributed by atoms with Crippen LogP contribution in [0, 0.1) is 0 Å². The molecule has 0 atom stereocenters. The quantitative estimate of drug-likeness (QED) is 0.753. The van der Waals surface area contributed by atoms with Crippen LogP contribution in [0.4, 0.5) is 0 Å². The molecule has 4 heteroatoms. The molecule has 72 valence electrons.